The molecule has 4 nitrogen and oxygen atoms in total. The second-order valence-electron chi connectivity index (χ2n) is 4.19. The summed E-state index contributed by atoms with van der Waals surface area (Å²) < 4.78 is 1.93. The number of aldehydes is 1. The molecule has 18 heavy (non-hydrogen) atoms. The number of aromatic nitrogens is 1. The third-order valence-corrected chi connectivity index (χ3v) is 2.99. The van der Waals surface area contributed by atoms with Crippen LogP contribution < -0.4 is 5.73 Å². The molecule has 0 aliphatic carbocycles. The van der Waals surface area contributed by atoms with Gasteiger partial charge in [0.05, 0.1) is 0 Å². The van der Waals surface area contributed by atoms with Crippen LogP contribution >= 0.6 is 0 Å². The van der Waals surface area contributed by atoms with Crippen molar-refractivity contribution in [1.82, 2.24) is 4.57 Å². The third kappa shape index (κ3) is 1.93. The molecular formula is C14H14N2O2. The number of amides is 1. The first-order chi connectivity index (χ1) is 8.54. The van der Waals surface area contributed by atoms with Gasteiger partial charge in [-0.2, -0.15) is 0 Å². The fourth-order valence-electron chi connectivity index (χ4n) is 2.10. The van der Waals surface area contributed by atoms with Crippen LogP contribution in [-0.2, 0) is 0 Å². The summed E-state index contributed by atoms with van der Waals surface area (Å²) in [6.45, 7) is 3.78. The summed E-state index contributed by atoms with van der Waals surface area (Å²) in [5.41, 5.74) is 8.99. The average Bonchev–Trinajstić information content (AvgIpc) is 2.64. The molecule has 0 aliphatic rings. The topological polar surface area (TPSA) is 65.1 Å². The Balaban J connectivity index is 2.62. The number of benzene rings is 1. The van der Waals surface area contributed by atoms with Gasteiger partial charge in [0.25, 0.3) is 0 Å². The molecule has 0 saturated carbocycles. The van der Waals surface area contributed by atoms with Gasteiger partial charge in [-0.3, -0.25) is 9.59 Å². The zero-order valence-corrected chi connectivity index (χ0v) is 10.3. The Labute approximate surface area is 105 Å². The minimum absolute atomic E-state index is 0.452. The van der Waals surface area contributed by atoms with Crippen molar-refractivity contribution in [2.45, 2.75) is 13.8 Å². The lowest BCUT2D eigenvalue weighted by Gasteiger charge is -2.10. The highest BCUT2D eigenvalue weighted by Crippen LogP contribution is 2.20. The van der Waals surface area contributed by atoms with Gasteiger partial charge >= 0.3 is 0 Å². The number of carbonyl (C=O) groups is 2. The van der Waals surface area contributed by atoms with Crippen LogP contribution in [0.25, 0.3) is 5.69 Å². The number of aryl methyl sites for hydroxylation is 1. The zero-order chi connectivity index (χ0) is 13.3. The number of rotatable bonds is 3. The second kappa shape index (κ2) is 4.49. The number of hydrogen-bond donors (Lipinski definition) is 1. The van der Waals surface area contributed by atoms with E-state index >= 15 is 0 Å². The number of nitrogens with two attached hydrogens (primary N) is 1. The van der Waals surface area contributed by atoms with Gasteiger partial charge in [0.2, 0.25) is 5.91 Å². The highest BCUT2D eigenvalue weighted by atomic mass is 16.1. The lowest BCUT2D eigenvalue weighted by molar-refractivity contribution is 0.0999. The summed E-state index contributed by atoms with van der Waals surface area (Å²) in [6.07, 6.45) is 0.830. The van der Waals surface area contributed by atoms with Crippen molar-refractivity contribution in [2.24, 2.45) is 5.73 Å². The van der Waals surface area contributed by atoms with Crippen molar-refractivity contribution in [2.75, 3.05) is 0 Å². The van der Waals surface area contributed by atoms with Gasteiger partial charge in [0.1, 0.15) is 0 Å². The molecular weight excluding hydrogens is 228 g/mol. The Hall–Kier alpha value is -2.36. The van der Waals surface area contributed by atoms with E-state index in [2.05, 4.69) is 0 Å². The summed E-state index contributed by atoms with van der Waals surface area (Å²) in [5.74, 6) is -0.463. The van der Waals surface area contributed by atoms with Crippen LogP contribution in [0.15, 0.2) is 30.3 Å². The van der Waals surface area contributed by atoms with E-state index in [1.807, 2.05) is 30.5 Å². The fourth-order valence-corrected chi connectivity index (χ4v) is 2.10. The van der Waals surface area contributed by atoms with Gasteiger partial charge < -0.3 is 10.3 Å². The smallest absolute Gasteiger partial charge is 0.248 e. The second-order valence-corrected chi connectivity index (χ2v) is 4.19. The molecule has 2 N–H and O–H groups in total. The Bertz CT molecular complexity index is 627. The first-order valence-corrected chi connectivity index (χ1v) is 5.59. The van der Waals surface area contributed by atoms with Crippen LogP contribution in [-0.4, -0.2) is 16.8 Å². The minimum Gasteiger partial charge on any atom is -0.366 e. The first kappa shape index (κ1) is 12.1. The van der Waals surface area contributed by atoms with E-state index in [1.165, 1.54) is 0 Å². The van der Waals surface area contributed by atoms with Crippen LogP contribution in [0.3, 0.4) is 0 Å². The SMILES string of the molecule is Cc1cc(C=O)c(C)n1-c1cccc(C(N)=O)c1. The molecule has 0 spiro atoms. The summed E-state index contributed by atoms with van der Waals surface area (Å²) >= 11 is 0. The van der Waals surface area contributed by atoms with Gasteiger partial charge in [-0.05, 0) is 38.1 Å². The van der Waals surface area contributed by atoms with Crippen LogP contribution in [0.2, 0.25) is 0 Å². The van der Waals surface area contributed by atoms with Gasteiger partial charge in [0.15, 0.2) is 6.29 Å². The molecule has 1 aromatic heterocycles. The monoisotopic (exact) mass is 242 g/mol. The van der Waals surface area contributed by atoms with E-state index in [9.17, 15) is 9.59 Å². The van der Waals surface area contributed by atoms with Gasteiger partial charge in [-0.15, -0.1) is 0 Å². The van der Waals surface area contributed by atoms with E-state index in [4.69, 9.17) is 5.73 Å². The van der Waals surface area contributed by atoms with Gasteiger partial charge in [0, 0.05) is 28.2 Å². The highest BCUT2D eigenvalue weighted by Gasteiger charge is 2.11. The van der Waals surface area contributed by atoms with Crippen molar-refractivity contribution in [1.29, 1.82) is 0 Å². The lowest BCUT2D eigenvalue weighted by Crippen LogP contribution is -2.11. The number of carbonyl (C=O) groups excluding carboxylic acids is 2. The lowest BCUT2D eigenvalue weighted by atomic mass is 10.2. The zero-order valence-electron chi connectivity index (χ0n) is 10.3. The number of nitrogens with zero attached hydrogens (tertiary/aromatic N) is 1. The Kier molecular flexibility index (Phi) is 3.02. The van der Waals surface area contributed by atoms with Crippen molar-refractivity contribution < 1.29 is 9.59 Å². The molecule has 92 valence electrons. The van der Waals surface area contributed by atoms with Gasteiger partial charge in [-0.25, -0.2) is 0 Å². The molecule has 4 heteroatoms. The molecule has 1 heterocycles. The third-order valence-electron chi connectivity index (χ3n) is 2.99. The molecule has 0 saturated heterocycles. The molecule has 0 fully saturated rings. The van der Waals surface area contributed by atoms with Crippen molar-refractivity contribution >= 4 is 12.2 Å². The summed E-state index contributed by atoms with van der Waals surface area (Å²) in [7, 11) is 0. The Morgan fingerprint density at radius 1 is 1.28 bits per heavy atom. The van der Waals surface area contributed by atoms with Gasteiger partial charge in [-0.1, -0.05) is 6.07 Å². The molecule has 0 unspecified atom stereocenters. The predicted molar refractivity (Wildman–Crippen MR) is 69.1 cm³/mol. The minimum atomic E-state index is -0.463. The predicted octanol–water partition coefficient (Wildman–Crippen LogP) is 2.01. The molecule has 2 aromatic rings. The number of hydrogen-bond acceptors (Lipinski definition) is 2. The van der Waals surface area contributed by atoms with E-state index in [1.54, 1.807) is 18.2 Å². The maximum Gasteiger partial charge on any atom is 0.248 e. The Morgan fingerprint density at radius 2 is 2.00 bits per heavy atom. The maximum absolute atomic E-state index is 11.2. The molecule has 1 aromatic carbocycles. The normalized spacial score (nSPS) is 10.3. The quantitative estimate of drug-likeness (QED) is 0.837. The summed E-state index contributed by atoms with van der Waals surface area (Å²) in [6, 6.07) is 8.85. The molecule has 2 rings (SSSR count). The van der Waals surface area contributed by atoms with Crippen LogP contribution in [0.5, 0.6) is 0 Å². The molecule has 1 amide bonds. The van der Waals surface area contributed by atoms with Crippen molar-refractivity contribution in [3.63, 3.8) is 0 Å². The summed E-state index contributed by atoms with van der Waals surface area (Å²) in [4.78, 5) is 22.1. The van der Waals surface area contributed by atoms with Crippen molar-refractivity contribution in [3.05, 3.63) is 52.8 Å². The standard InChI is InChI=1S/C14H14N2O2/c1-9-6-12(8-17)10(2)16(9)13-5-3-4-11(7-13)14(15)18/h3-8H,1-2H3,(H2,15,18). The van der Waals surface area contributed by atoms with Crippen LogP contribution in [0.4, 0.5) is 0 Å². The summed E-state index contributed by atoms with van der Waals surface area (Å²) in [5, 5.41) is 0. The first-order valence-electron chi connectivity index (χ1n) is 5.59. The molecule has 0 atom stereocenters. The van der Waals surface area contributed by atoms with Crippen LogP contribution in [0.1, 0.15) is 32.1 Å². The maximum atomic E-state index is 11.2. The Morgan fingerprint density at radius 3 is 2.56 bits per heavy atom. The van der Waals surface area contributed by atoms with E-state index < -0.39 is 5.91 Å². The number of primary amides is 1. The largest absolute Gasteiger partial charge is 0.366 e. The van der Waals surface area contributed by atoms with E-state index in [-0.39, 0.29) is 0 Å². The average molecular weight is 242 g/mol. The molecule has 0 bridgehead atoms. The molecule has 0 radical (unpaired) electrons. The fraction of sp³-hybridized carbons (Fsp3) is 0.143. The van der Waals surface area contributed by atoms with E-state index in [0.717, 1.165) is 23.4 Å². The highest BCUT2D eigenvalue weighted by molar-refractivity contribution is 5.93. The van der Waals surface area contributed by atoms with Crippen LogP contribution in [0, 0.1) is 13.8 Å². The van der Waals surface area contributed by atoms with Crippen molar-refractivity contribution in [3.8, 4) is 5.69 Å². The van der Waals surface area contributed by atoms with E-state index in [0.29, 0.717) is 11.1 Å². The molecule has 0 aliphatic heterocycles.